The predicted octanol–water partition coefficient (Wildman–Crippen LogP) is 5.14. The second-order valence-electron chi connectivity index (χ2n) is 9.55. The molecule has 0 bridgehead atoms. The van der Waals surface area contributed by atoms with Crippen LogP contribution in [-0.2, 0) is 4.79 Å². The highest BCUT2D eigenvalue weighted by Gasteiger charge is 2.28. The van der Waals surface area contributed by atoms with Crippen molar-refractivity contribution in [1.82, 2.24) is 24.7 Å². The lowest BCUT2D eigenvalue weighted by Crippen LogP contribution is -2.26. The van der Waals surface area contributed by atoms with Gasteiger partial charge in [-0.15, -0.1) is 0 Å². The molecule has 0 radical (unpaired) electrons. The fourth-order valence-electron chi connectivity index (χ4n) is 4.69. The lowest BCUT2D eigenvalue weighted by atomic mass is 10.0. The first kappa shape index (κ1) is 27.8. The summed E-state index contributed by atoms with van der Waals surface area (Å²) in [4.78, 5) is 39.2. The van der Waals surface area contributed by atoms with Gasteiger partial charge in [0, 0.05) is 30.9 Å². The molecule has 1 N–H and O–H groups in total. The van der Waals surface area contributed by atoms with Gasteiger partial charge in [-0.2, -0.15) is 10.4 Å². The van der Waals surface area contributed by atoms with E-state index in [0.717, 1.165) is 0 Å². The molecule has 1 unspecified atom stereocenters. The summed E-state index contributed by atoms with van der Waals surface area (Å²) >= 11 is 5.91. The predicted molar refractivity (Wildman–Crippen MR) is 146 cm³/mol. The van der Waals surface area contributed by atoms with E-state index in [1.165, 1.54) is 40.3 Å². The van der Waals surface area contributed by atoms with Crippen molar-refractivity contribution in [2.45, 2.75) is 39.7 Å². The standard InChI is InChI=1S/C28H23ClF2N8O2/c1-14-19(11-34-27(24(14)30)38-8-4-5-22(38)40)16(3)39-13-18(10-35-39)36-28(41)26-15(2)33-12-21(37-26)23-17(9-32)6-7-20(29)25(23)31/h6-7,10-13,16H,4-5,8H2,1-3H3,(H,36,41). The number of hydrogen-bond donors (Lipinski definition) is 1. The van der Waals surface area contributed by atoms with Gasteiger partial charge in [-0.1, -0.05) is 11.6 Å². The number of nitrogens with zero attached hydrogens (tertiary/aromatic N) is 7. The van der Waals surface area contributed by atoms with Crippen LogP contribution in [0.15, 0.2) is 36.9 Å². The van der Waals surface area contributed by atoms with E-state index in [1.807, 2.05) is 6.07 Å². The Morgan fingerprint density at radius 1 is 1.17 bits per heavy atom. The lowest BCUT2D eigenvalue weighted by Gasteiger charge is -2.20. The highest BCUT2D eigenvalue weighted by Crippen LogP contribution is 2.31. The quantitative estimate of drug-likeness (QED) is 0.336. The van der Waals surface area contributed by atoms with Gasteiger partial charge in [0.05, 0.1) is 57.7 Å². The number of rotatable bonds is 6. The van der Waals surface area contributed by atoms with Gasteiger partial charge in [-0.3, -0.25) is 24.2 Å². The highest BCUT2D eigenvalue weighted by molar-refractivity contribution is 6.31. The van der Waals surface area contributed by atoms with E-state index in [4.69, 9.17) is 11.6 Å². The average Bonchev–Trinajstić information content (AvgIpc) is 3.60. The minimum atomic E-state index is -0.841. The second-order valence-corrected chi connectivity index (χ2v) is 9.96. The van der Waals surface area contributed by atoms with Crippen molar-refractivity contribution in [3.63, 3.8) is 0 Å². The molecule has 3 aromatic heterocycles. The summed E-state index contributed by atoms with van der Waals surface area (Å²) in [6.07, 6.45) is 6.80. The Bertz CT molecular complexity index is 1750. The summed E-state index contributed by atoms with van der Waals surface area (Å²) in [6.45, 7) is 5.42. The van der Waals surface area contributed by atoms with Crippen molar-refractivity contribution in [3.8, 4) is 17.3 Å². The van der Waals surface area contributed by atoms with Crippen LogP contribution in [0.2, 0.25) is 5.02 Å². The number of amides is 2. The Hall–Kier alpha value is -4.76. The molecule has 1 saturated heterocycles. The molecule has 13 heteroatoms. The summed E-state index contributed by atoms with van der Waals surface area (Å²) in [5, 5.41) is 16.2. The molecule has 1 fully saturated rings. The Morgan fingerprint density at radius 2 is 1.95 bits per heavy atom. The topological polar surface area (TPSA) is 130 Å². The van der Waals surface area contributed by atoms with Crippen LogP contribution in [0.5, 0.6) is 0 Å². The summed E-state index contributed by atoms with van der Waals surface area (Å²) in [5.41, 5.74) is 1.24. The number of pyridine rings is 1. The van der Waals surface area contributed by atoms with E-state index in [2.05, 4.69) is 25.4 Å². The third kappa shape index (κ3) is 5.12. The third-order valence-electron chi connectivity index (χ3n) is 6.96. The van der Waals surface area contributed by atoms with E-state index in [9.17, 15) is 19.2 Å². The van der Waals surface area contributed by atoms with E-state index < -0.39 is 23.6 Å². The molecule has 1 aliphatic heterocycles. The van der Waals surface area contributed by atoms with Crippen molar-refractivity contribution < 1.29 is 18.4 Å². The van der Waals surface area contributed by atoms with E-state index in [0.29, 0.717) is 36.2 Å². The summed E-state index contributed by atoms with van der Waals surface area (Å²) in [5.74, 6) is -2.17. The monoisotopic (exact) mass is 576 g/mol. The molecule has 1 atom stereocenters. The smallest absolute Gasteiger partial charge is 0.276 e. The van der Waals surface area contributed by atoms with Crippen LogP contribution < -0.4 is 10.2 Å². The van der Waals surface area contributed by atoms with Crippen LogP contribution >= 0.6 is 11.6 Å². The van der Waals surface area contributed by atoms with E-state index in [1.54, 1.807) is 27.0 Å². The maximum atomic E-state index is 15.2. The van der Waals surface area contributed by atoms with Crippen LogP contribution in [0.1, 0.15) is 58.7 Å². The van der Waals surface area contributed by atoms with Gasteiger partial charge in [0.1, 0.15) is 5.69 Å². The fourth-order valence-corrected chi connectivity index (χ4v) is 4.84. The molecule has 0 saturated carbocycles. The Morgan fingerprint density at radius 3 is 2.66 bits per heavy atom. The van der Waals surface area contributed by atoms with Crippen LogP contribution in [0.3, 0.4) is 0 Å². The molecule has 0 aliphatic carbocycles. The van der Waals surface area contributed by atoms with Crippen molar-refractivity contribution >= 4 is 34.9 Å². The number of benzene rings is 1. The van der Waals surface area contributed by atoms with Crippen molar-refractivity contribution in [3.05, 3.63) is 81.7 Å². The minimum absolute atomic E-state index is 0.00652. The Balaban J connectivity index is 1.38. The minimum Gasteiger partial charge on any atom is -0.318 e. The summed E-state index contributed by atoms with van der Waals surface area (Å²) in [6, 6.07) is 4.07. The van der Waals surface area contributed by atoms with E-state index >= 15 is 4.39 Å². The Kier molecular flexibility index (Phi) is 7.47. The number of nitriles is 1. The molecule has 5 rings (SSSR count). The number of aromatic nitrogens is 5. The van der Waals surface area contributed by atoms with Gasteiger partial charge in [-0.25, -0.2) is 18.7 Å². The number of anilines is 2. The zero-order chi connectivity index (χ0) is 29.4. The molecule has 41 heavy (non-hydrogen) atoms. The van der Waals surface area contributed by atoms with Gasteiger partial charge in [0.25, 0.3) is 5.91 Å². The van der Waals surface area contributed by atoms with Crippen molar-refractivity contribution in [2.75, 3.05) is 16.8 Å². The van der Waals surface area contributed by atoms with Gasteiger partial charge in [0.15, 0.2) is 17.5 Å². The van der Waals surface area contributed by atoms with Gasteiger partial charge in [-0.05, 0) is 44.9 Å². The molecule has 4 heterocycles. The zero-order valence-corrected chi connectivity index (χ0v) is 23.0. The van der Waals surface area contributed by atoms with Gasteiger partial charge < -0.3 is 5.32 Å². The maximum absolute atomic E-state index is 15.2. The van der Waals surface area contributed by atoms with Gasteiger partial charge in [0.2, 0.25) is 5.91 Å². The van der Waals surface area contributed by atoms with Crippen LogP contribution in [0.25, 0.3) is 11.3 Å². The molecule has 0 spiro atoms. The molecule has 10 nitrogen and oxygen atoms in total. The molecule has 208 valence electrons. The third-order valence-corrected chi connectivity index (χ3v) is 7.25. The number of halogens is 3. The molecular weight excluding hydrogens is 554 g/mol. The fraction of sp³-hybridized carbons (Fsp3) is 0.250. The molecule has 2 amide bonds. The number of aryl methyl sites for hydroxylation is 1. The SMILES string of the molecule is Cc1ncc(-c2c(C#N)ccc(Cl)c2F)nc1C(=O)Nc1cnn(C(C)c2cnc(N3CCCC3=O)c(F)c2C)c1. The molecule has 1 aromatic carbocycles. The van der Waals surface area contributed by atoms with E-state index in [-0.39, 0.29) is 45.0 Å². The number of carbonyl (C=O) groups is 2. The molecular formula is C28H23ClF2N8O2. The van der Waals surface area contributed by atoms with Gasteiger partial charge >= 0.3 is 0 Å². The number of nitrogens with one attached hydrogen (secondary N) is 1. The zero-order valence-electron chi connectivity index (χ0n) is 22.2. The molecule has 1 aliphatic rings. The average molecular weight is 577 g/mol. The largest absolute Gasteiger partial charge is 0.318 e. The Labute approximate surface area is 238 Å². The second kappa shape index (κ2) is 11.0. The van der Waals surface area contributed by atoms with Crippen LogP contribution in [-0.4, -0.2) is 43.1 Å². The number of carbonyl (C=O) groups excluding carboxylic acids is 2. The maximum Gasteiger partial charge on any atom is 0.276 e. The first-order valence-corrected chi connectivity index (χ1v) is 13.0. The highest BCUT2D eigenvalue weighted by atomic mass is 35.5. The van der Waals surface area contributed by atoms with Crippen molar-refractivity contribution in [1.29, 1.82) is 5.26 Å². The van der Waals surface area contributed by atoms with Crippen LogP contribution in [0.4, 0.5) is 20.3 Å². The normalized spacial score (nSPS) is 13.8. The van der Waals surface area contributed by atoms with Crippen molar-refractivity contribution in [2.24, 2.45) is 0 Å². The number of hydrogen-bond acceptors (Lipinski definition) is 7. The summed E-state index contributed by atoms with van der Waals surface area (Å²) < 4.78 is 31.5. The molecule has 4 aromatic rings. The first-order valence-electron chi connectivity index (χ1n) is 12.6. The first-order chi connectivity index (χ1) is 19.6. The van der Waals surface area contributed by atoms with Crippen LogP contribution in [0, 0.1) is 36.8 Å². The summed E-state index contributed by atoms with van der Waals surface area (Å²) in [7, 11) is 0. The lowest BCUT2D eigenvalue weighted by molar-refractivity contribution is -0.117.